The monoisotopic (exact) mass is 477 g/mol. The number of anilines is 2. The first-order valence-corrected chi connectivity index (χ1v) is 10.4. The van der Waals surface area contributed by atoms with Gasteiger partial charge >= 0.3 is 6.61 Å². The number of fused-ring (bicyclic) bond motifs is 1. The van der Waals surface area contributed by atoms with Gasteiger partial charge in [-0.15, -0.1) is 0 Å². The molecule has 1 aliphatic rings. The number of carbonyl (C=O) groups is 2. The number of nitrogens with zero attached hydrogens (tertiary/aromatic N) is 3. The summed E-state index contributed by atoms with van der Waals surface area (Å²) >= 11 is 0. The van der Waals surface area contributed by atoms with Crippen LogP contribution in [0.1, 0.15) is 21.7 Å². The molecule has 2 N–H and O–H groups in total. The Morgan fingerprint density at radius 2 is 1.86 bits per heavy atom. The highest BCUT2D eigenvalue weighted by molar-refractivity contribution is 6.03. The number of ether oxygens (including phenoxy) is 1. The van der Waals surface area contributed by atoms with E-state index in [1.165, 1.54) is 6.20 Å². The van der Waals surface area contributed by atoms with E-state index in [1.54, 1.807) is 36.4 Å². The Labute approximate surface area is 197 Å². The van der Waals surface area contributed by atoms with Crippen LogP contribution in [0.15, 0.2) is 59.4 Å². The van der Waals surface area contributed by atoms with Crippen LogP contribution < -0.4 is 15.4 Å². The number of halogens is 2. The molecule has 0 atom stereocenters. The highest BCUT2D eigenvalue weighted by Crippen LogP contribution is 2.29. The topological polar surface area (TPSA) is 119 Å². The minimum Gasteiger partial charge on any atom is -0.432 e. The van der Waals surface area contributed by atoms with Gasteiger partial charge in [0.2, 0.25) is 17.6 Å². The van der Waals surface area contributed by atoms with E-state index in [-0.39, 0.29) is 35.6 Å². The maximum atomic E-state index is 12.8. The molecule has 3 heterocycles. The van der Waals surface area contributed by atoms with Gasteiger partial charge in [0, 0.05) is 22.5 Å². The number of oxazole rings is 1. The third kappa shape index (κ3) is 4.69. The largest absolute Gasteiger partial charge is 0.432 e. The molecule has 176 valence electrons. The van der Waals surface area contributed by atoms with Crippen molar-refractivity contribution in [1.82, 2.24) is 15.0 Å². The Hall–Kier alpha value is -4.67. The zero-order valence-corrected chi connectivity index (χ0v) is 18.2. The molecule has 0 aliphatic carbocycles. The number of carbonyl (C=O) groups excluding carboxylic acids is 2. The Morgan fingerprint density at radius 1 is 1.09 bits per heavy atom. The van der Waals surface area contributed by atoms with Crippen molar-refractivity contribution in [3.05, 3.63) is 71.9 Å². The summed E-state index contributed by atoms with van der Waals surface area (Å²) in [5, 5.41) is 5.54. The fourth-order valence-corrected chi connectivity index (χ4v) is 3.58. The fourth-order valence-electron chi connectivity index (χ4n) is 3.58. The van der Waals surface area contributed by atoms with E-state index in [1.807, 2.05) is 6.92 Å². The molecule has 4 aromatic rings. The zero-order chi connectivity index (χ0) is 24.5. The molecule has 2 aromatic carbocycles. The van der Waals surface area contributed by atoms with Gasteiger partial charge in [-0.1, -0.05) is 12.1 Å². The summed E-state index contributed by atoms with van der Waals surface area (Å²) in [5.41, 5.74) is 4.06. The minimum absolute atomic E-state index is 0.00394. The third-order valence-electron chi connectivity index (χ3n) is 5.30. The molecule has 2 aromatic heterocycles. The number of benzene rings is 2. The van der Waals surface area contributed by atoms with E-state index in [4.69, 9.17) is 4.42 Å². The summed E-state index contributed by atoms with van der Waals surface area (Å²) in [6.07, 6.45) is 3.89. The first-order chi connectivity index (χ1) is 16.9. The molecule has 0 saturated heterocycles. The number of hydrogen-bond donors (Lipinski definition) is 2. The van der Waals surface area contributed by atoms with Crippen LogP contribution in [0, 0.1) is 6.92 Å². The molecule has 0 bridgehead atoms. The Balaban J connectivity index is 1.33. The second kappa shape index (κ2) is 8.93. The van der Waals surface area contributed by atoms with Crippen molar-refractivity contribution in [3.8, 4) is 28.6 Å². The van der Waals surface area contributed by atoms with Crippen LogP contribution in [0.5, 0.6) is 5.75 Å². The number of nitrogens with one attached hydrogen (secondary N) is 2. The van der Waals surface area contributed by atoms with Crippen LogP contribution >= 0.6 is 0 Å². The molecule has 0 saturated carbocycles. The summed E-state index contributed by atoms with van der Waals surface area (Å²) in [5.74, 6) is -0.217. The molecule has 35 heavy (non-hydrogen) atoms. The second-order valence-electron chi connectivity index (χ2n) is 7.73. The summed E-state index contributed by atoms with van der Waals surface area (Å²) < 4.78 is 34.6. The number of rotatable bonds is 6. The first kappa shape index (κ1) is 22.1. The first-order valence-electron chi connectivity index (χ1n) is 10.4. The molecule has 2 amide bonds. The van der Waals surface area contributed by atoms with E-state index < -0.39 is 12.5 Å². The van der Waals surface area contributed by atoms with E-state index in [2.05, 4.69) is 30.3 Å². The molecular formula is C24H17F2N5O4. The van der Waals surface area contributed by atoms with Gasteiger partial charge in [-0.25, -0.2) is 15.0 Å². The van der Waals surface area contributed by atoms with Crippen molar-refractivity contribution in [3.63, 3.8) is 0 Å². The fraction of sp³-hybridized carbons (Fsp3) is 0.125. The predicted molar refractivity (Wildman–Crippen MR) is 121 cm³/mol. The van der Waals surface area contributed by atoms with Gasteiger partial charge in [0.1, 0.15) is 0 Å². The van der Waals surface area contributed by atoms with Crippen LogP contribution in [0.4, 0.5) is 20.2 Å². The van der Waals surface area contributed by atoms with Gasteiger partial charge < -0.3 is 19.8 Å². The molecule has 0 unspecified atom stereocenters. The number of alkyl halides is 2. The third-order valence-corrected chi connectivity index (χ3v) is 5.30. The van der Waals surface area contributed by atoms with Crippen LogP contribution in [0.25, 0.3) is 22.8 Å². The highest BCUT2D eigenvalue weighted by Gasteiger charge is 2.20. The van der Waals surface area contributed by atoms with Crippen LogP contribution in [-0.4, -0.2) is 33.4 Å². The highest BCUT2D eigenvalue weighted by atomic mass is 19.3. The predicted octanol–water partition coefficient (Wildman–Crippen LogP) is 4.46. The number of aromatic nitrogens is 3. The van der Waals surface area contributed by atoms with Crippen LogP contribution in [0.3, 0.4) is 0 Å². The maximum Gasteiger partial charge on any atom is 0.387 e. The van der Waals surface area contributed by atoms with Crippen LogP contribution in [0.2, 0.25) is 0 Å². The van der Waals surface area contributed by atoms with Crippen molar-refractivity contribution in [1.29, 1.82) is 0 Å². The summed E-state index contributed by atoms with van der Waals surface area (Å²) in [6.45, 7) is -1.16. The molecule has 9 nitrogen and oxygen atoms in total. The quantitative estimate of drug-likeness (QED) is 0.421. The molecule has 5 rings (SSSR count). The van der Waals surface area contributed by atoms with E-state index >= 15 is 0 Å². The second-order valence-corrected chi connectivity index (χ2v) is 7.73. The summed E-state index contributed by atoms with van der Waals surface area (Å²) in [7, 11) is 0. The van der Waals surface area contributed by atoms with Gasteiger partial charge in [0.15, 0.2) is 11.6 Å². The maximum absolute atomic E-state index is 12.8. The normalized spacial score (nSPS) is 12.4. The molecule has 11 heteroatoms. The lowest BCUT2D eigenvalue weighted by Crippen LogP contribution is -2.12. The van der Waals surface area contributed by atoms with Gasteiger partial charge in [-0.2, -0.15) is 8.78 Å². The van der Waals surface area contributed by atoms with E-state index in [9.17, 15) is 18.4 Å². The van der Waals surface area contributed by atoms with Gasteiger partial charge in [0.05, 0.1) is 25.0 Å². The Morgan fingerprint density at radius 3 is 2.63 bits per heavy atom. The SMILES string of the molecule is Cc1ccc(-c2ncc(OC(F)F)cn2)cc1NC(=O)c1cnc(-c2ccc3c(c2)CC(=O)N3)o1. The Bertz CT molecular complexity index is 1440. The molecule has 0 fully saturated rings. The van der Waals surface area contributed by atoms with Gasteiger partial charge in [0.25, 0.3) is 5.91 Å². The number of aryl methyl sites for hydroxylation is 1. The van der Waals surface area contributed by atoms with Crippen molar-refractivity contribution < 1.29 is 27.5 Å². The van der Waals surface area contributed by atoms with Gasteiger partial charge in [-0.3, -0.25) is 9.59 Å². The lowest BCUT2D eigenvalue weighted by atomic mass is 10.1. The lowest BCUT2D eigenvalue weighted by Gasteiger charge is -2.10. The smallest absolute Gasteiger partial charge is 0.387 e. The van der Waals surface area contributed by atoms with Crippen molar-refractivity contribution >= 4 is 23.2 Å². The van der Waals surface area contributed by atoms with Crippen LogP contribution in [-0.2, 0) is 11.2 Å². The molecular weight excluding hydrogens is 460 g/mol. The van der Waals surface area contributed by atoms with Crippen molar-refractivity contribution in [2.24, 2.45) is 0 Å². The molecule has 0 radical (unpaired) electrons. The van der Waals surface area contributed by atoms with Crippen molar-refractivity contribution in [2.75, 3.05) is 10.6 Å². The number of hydrogen-bond acceptors (Lipinski definition) is 7. The van der Waals surface area contributed by atoms with Gasteiger partial charge in [-0.05, 0) is 42.3 Å². The standard InChI is InChI=1S/C24H17F2N5O4/c1-12-2-3-13(21-27-9-16(10-28-21)34-24(25)26)7-18(12)31-22(33)19-11-29-23(35-19)14-4-5-17-15(6-14)8-20(32)30-17/h2-7,9-11,24H,8H2,1H3,(H,30,32)(H,31,33). The number of amides is 2. The van der Waals surface area contributed by atoms with E-state index in [0.29, 0.717) is 16.8 Å². The lowest BCUT2D eigenvalue weighted by molar-refractivity contribution is -0.115. The molecule has 0 spiro atoms. The summed E-state index contributed by atoms with van der Waals surface area (Å²) in [4.78, 5) is 36.7. The summed E-state index contributed by atoms with van der Waals surface area (Å²) in [6, 6.07) is 10.5. The average Bonchev–Trinajstić information content (AvgIpc) is 3.46. The molecule has 1 aliphatic heterocycles. The average molecular weight is 477 g/mol. The van der Waals surface area contributed by atoms with E-state index in [0.717, 1.165) is 29.2 Å². The zero-order valence-electron chi connectivity index (χ0n) is 18.2. The van der Waals surface area contributed by atoms with Crippen molar-refractivity contribution in [2.45, 2.75) is 20.0 Å². The minimum atomic E-state index is -2.97. The Kier molecular flexibility index (Phi) is 5.65.